The van der Waals surface area contributed by atoms with Crippen molar-refractivity contribution >= 4 is 31.5 Å². The summed E-state index contributed by atoms with van der Waals surface area (Å²) < 4.78 is 22.6. The molecule has 13 heteroatoms. The van der Waals surface area contributed by atoms with Crippen molar-refractivity contribution in [2.45, 2.75) is 97.2 Å². The van der Waals surface area contributed by atoms with Crippen LogP contribution >= 0.6 is 11.6 Å². The van der Waals surface area contributed by atoms with Gasteiger partial charge in [0.2, 0.25) is 0 Å². The molecule has 1 amide bonds. The number of hydrogen-bond acceptors (Lipinski definition) is 8. The van der Waals surface area contributed by atoms with Gasteiger partial charge in [0.25, 0.3) is 0 Å². The van der Waals surface area contributed by atoms with Gasteiger partial charge in [0.1, 0.15) is 22.6 Å². The number of hydrogen-bond donors (Lipinski definition) is 0. The van der Waals surface area contributed by atoms with E-state index in [9.17, 15) is 4.79 Å². The van der Waals surface area contributed by atoms with Crippen LogP contribution in [0.2, 0.25) is 23.2 Å². The Morgan fingerprint density at radius 3 is 2.48 bits per heavy atom. The summed E-state index contributed by atoms with van der Waals surface area (Å²) in [4.78, 5) is 19.0. The summed E-state index contributed by atoms with van der Waals surface area (Å²) in [6.07, 6.45) is 6.01. The third-order valence-electron chi connectivity index (χ3n) is 8.88. The summed E-state index contributed by atoms with van der Waals surface area (Å²) in [5, 5.41) is 14.2. The Morgan fingerprint density at radius 2 is 1.85 bits per heavy atom. The lowest BCUT2D eigenvalue weighted by atomic mass is 10.0. The zero-order valence-corrected chi connectivity index (χ0v) is 30.1. The normalized spacial score (nSPS) is 15.7. The first kappa shape index (κ1) is 33.9. The van der Waals surface area contributed by atoms with Crippen LogP contribution in [0.15, 0.2) is 42.9 Å². The molecule has 4 aromatic rings. The average molecular weight is 668 g/mol. The van der Waals surface area contributed by atoms with Crippen molar-refractivity contribution in [1.29, 1.82) is 0 Å². The first-order valence-corrected chi connectivity index (χ1v) is 19.1. The van der Waals surface area contributed by atoms with Crippen molar-refractivity contribution in [2.24, 2.45) is 0 Å². The molecule has 248 valence electrons. The van der Waals surface area contributed by atoms with Gasteiger partial charge in [-0.25, -0.2) is 14.0 Å². The van der Waals surface area contributed by atoms with Crippen molar-refractivity contribution in [3.05, 3.63) is 59.3 Å². The zero-order valence-electron chi connectivity index (χ0n) is 28.4. The number of ether oxygens (including phenoxy) is 2. The van der Waals surface area contributed by atoms with E-state index in [4.69, 9.17) is 25.5 Å². The van der Waals surface area contributed by atoms with Crippen LogP contribution in [-0.2, 0) is 9.16 Å². The molecule has 0 spiro atoms. The van der Waals surface area contributed by atoms with Crippen molar-refractivity contribution in [3.8, 4) is 17.0 Å². The highest BCUT2D eigenvalue weighted by atomic mass is 35.5. The molecule has 5 heterocycles. The molecular formula is C33H46ClN7O4Si. The molecule has 0 N–H and O–H groups in total. The van der Waals surface area contributed by atoms with Crippen LogP contribution in [0.25, 0.3) is 16.8 Å². The van der Waals surface area contributed by atoms with E-state index in [-0.39, 0.29) is 17.2 Å². The standard InChI is InChI=1S/C33H46ClN7O4Si/c1-22-29(37-38-41(22)24-13-16-39(17-14-24)31(42)45-32(2,3)4)23-18-27(30-25(34)19-36-40(30)20-23)44-28(26-12-10-11-15-35-26)21-43-46(8,9)33(5,6)7/h10-12,15,18-20,24,28H,13-14,16-17,21H2,1-9H3. The van der Waals surface area contributed by atoms with Gasteiger partial charge in [0.15, 0.2) is 14.4 Å². The number of piperidine rings is 1. The molecule has 1 aliphatic rings. The van der Waals surface area contributed by atoms with E-state index in [1.54, 1.807) is 21.8 Å². The third-order valence-corrected chi connectivity index (χ3v) is 13.7. The fourth-order valence-corrected chi connectivity index (χ4v) is 6.47. The van der Waals surface area contributed by atoms with E-state index in [0.717, 1.165) is 35.5 Å². The minimum Gasteiger partial charge on any atom is -0.479 e. The molecule has 0 aliphatic carbocycles. The lowest BCUT2D eigenvalue weighted by molar-refractivity contribution is 0.0183. The van der Waals surface area contributed by atoms with Crippen molar-refractivity contribution in [2.75, 3.05) is 19.7 Å². The Hall–Kier alpha value is -3.48. The summed E-state index contributed by atoms with van der Waals surface area (Å²) >= 11 is 6.65. The van der Waals surface area contributed by atoms with Crippen LogP contribution in [0, 0.1) is 6.92 Å². The van der Waals surface area contributed by atoms with Crippen molar-refractivity contribution in [3.63, 3.8) is 0 Å². The minimum atomic E-state index is -2.08. The SMILES string of the molecule is Cc1c(-c2cc(OC(CO[Si](C)(C)C(C)(C)C)c3ccccn3)c3c(Cl)cnn3c2)nnn1C1CCN(C(=O)OC(C)(C)C)CC1. The number of rotatable bonds is 8. The van der Waals surface area contributed by atoms with Gasteiger partial charge in [0.05, 0.1) is 35.3 Å². The number of nitrogens with zero attached hydrogens (tertiary/aromatic N) is 7. The number of pyridine rings is 2. The fraction of sp³-hybridized carbons (Fsp3) is 0.545. The Morgan fingerprint density at radius 1 is 1.13 bits per heavy atom. The number of halogens is 1. The molecule has 5 rings (SSSR count). The molecule has 1 atom stereocenters. The minimum absolute atomic E-state index is 0.0410. The van der Waals surface area contributed by atoms with Gasteiger partial charge in [-0.2, -0.15) is 5.10 Å². The number of fused-ring (bicyclic) bond motifs is 1. The molecule has 0 aromatic carbocycles. The molecule has 0 radical (unpaired) electrons. The number of carbonyl (C=O) groups excluding carboxylic acids is 1. The summed E-state index contributed by atoms with van der Waals surface area (Å²) in [5.74, 6) is 0.550. The quantitative estimate of drug-likeness (QED) is 0.176. The van der Waals surface area contributed by atoms with Crippen LogP contribution in [0.3, 0.4) is 0 Å². The predicted molar refractivity (Wildman–Crippen MR) is 181 cm³/mol. The van der Waals surface area contributed by atoms with Crippen LogP contribution in [0.1, 0.15) is 77.9 Å². The Balaban J connectivity index is 1.42. The lowest BCUT2D eigenvalue weighted by Gasteiger charge is -2.37. The molecular weight excluding hydrogens is 622 g/mol. The summed E-state index contributed by atoms with van der Waals surface area (Å²) in [6.45, 7) is 20.3. The molecule has 1 aliphatic heterocycles. The molecule has 4 aromatic heterocycles. The fourth-order valence-electron chi connectivity index (χ4n) is 5.24. The second kappa shape index (κ2) is 13.0. The van der Waals surface area contributed by atoms with Crippen molar-refractivity contribution in [1.82, 2.24) is 34.5 Å². The van der Waals surface area contributed by atoms with E-state index in [1.807, 2.05) is 62.8 Å². The lowest BCUT2D eigenvalue weighted by Crippen LogP contribution is -2.42. The number of likely N-dealkylation sites (tertiary alicyclic amines) is 1. The van der Waals surface area contributed by atoms with E-state index >= 15 is 0 Å². The van der Waals surface area contributed by atoms with Crippen LogP contribution in [0.4, 0.5) is 4.79 Å². The monoisotopic (exact) mass is 667 g/mol. The maximum Gasteiger partial charge on any atom is 0.410 e. The molecule has 1 unspecified atom stereocenters. The molecule has 0 saturated carbocycles. The highest BCUT2D eigenvalue weighted by molar-refractivity contribution is 6.74. The molecule has 46 heavy (non-hydrogen) atoms. The summed E-state index contributed by atoms with van der Waals surface area (Å²) in [5.41, 5.74) is 3.32. The van der Waals surface area contributed by atoms with Gasteiger partial charge in [-0.15, -0.1) is 5.10 Å². The first-order chi connectivity index (χ1) is 21.5. The number of carbonyl (C=O) groups is 1. The average Bonchev–Trinajstić information content (AvgIpc) is 3.56. The van der Waals surface area contributed by atoms with E-state index < -0.39 is 20.0 Å². The molecule has 11 nitrogen and oxygen atoms in total. The highest BCUT2D eigenvalue weighted by Crippen LogP contribution is 2.39. The smallest absolute Gasteiger partial charge is 0.410 e. The molecule has 1 saturated heterocycles. The van der Waals surface area contributed by atoms with Gasteiger partial charge >= 0.3 is 6.09 Å². The van der Waals surface area contributed by atoms with E-state index in [2.05, 4.69) is 54.3 Å². The Bertz CT molecular complexity index is 1670. The zero-order chi connectivity index (χ0) is 33.4. The van der Waals surface area contributed by atoms with Gasteiger partial charge in [0, 0.05) is 31.0 Å². The summed E-state index contributed by atoms with van der Waals surface area (Å²) in [7, 11) is -2.08. The largest absolute Gasteiger partial charge is 0.479 e. The Labute approximate surface area is 277 Å². The van der Waals surface area contributed by atoms with Crippen LogP contribution in [0.5, 0.6) is 5.75 Å². The first-order valence-electron chi connectivity index (χ1n) is 15.8. The molecule has 0 bridgehead atoms. The van der Waals surface area contributed by atoms with Gasteiger partial charge in [-0.1, -0.05) is 43.7 Å². The molecule has 1 fully saturated rings. The highest BCUT2D eigenvalue weighted by Gasteiger charge is 2.38. The van der Waals surface area contributed by atoms with Crippen molar-refractivity contribution < 1.29 is 18.7 Å². The third kappa shape index (κ3) is 7.39. The topological polar surface area (TPSA) is 109 Å². The second-order valence-corrected chi connectivity index (χ2v) is 19.7. The summed E-state index contributed by atoms with van der Waals surface area (Å²) in [6, 6.07) is 7.83. The predicted octanol–water partition coefficient (Wildman–Crippen LogP) is 7.66. The number of amides is 1. The maximum absolute atomic E-state index is 12.6. The van der Waals surface area contributed by atoms with Gasteiger partial charge < -0.3 is 18.8 Å². The maximum atomic E-state index is 12.6. The van der Waals surface area contributed by atoms with Gasteiger partial charge in [-0.3, -0.25) is 4.98 Å². The van der Waals surface area contributed by atoms with Gasteiger partial charge in [-0.05, 0) is 76.9 Å². The van der Waals surface area contributed by atoms with Crippen LogP contribution in [-0.4, -0.2) is 74.2 Å². The van der Waals surface area contributed by atoms with Crippen LogP contribution < -0.4 is 4.74 Å². The number of aromatic nitrogens is 6. The van der Waals surface area contributed by atoms with E-state index in [1.165, 1.54) is 0 Å². The Kier molecular flexibility index (Phi) is 9.54. The second-order valence-electron chi connectivity index (χ2n) is 14.5. The van der Waals surface area contributed by atoms with E-state index in [0.29, 0.717) is 36.0 Å².